The SMILES string of the molecule is CC1COCCN1CC[B-](F)(F)F. The summed E-state index contributed by atoms with van der Waals surface area (Å²) < 4.78 is 41.0. The quantitative estimate of drug-likeness (QED) is 0.635. The number of nitrogens with zero attached hydrogens (tertiary/aromatic N) is 1. The van der Waals surface area contributed by atoms with E-state index in [1.807, 2.05) is 11.8 Å². The number of halogens is 3. The third-order valence-electron chi connectivity index (χ3n) is 2.25. The zero-order valence-electron chi connectivity index (χ0n) is 7.68. The fourth-order valence-electron chi connectivity index (χ4n) is 1.41. The van der Waals surface area contributed by atoms with Gasteiger partial charge in [0.15, 0.2) is 0 Å². The van der Waals surface area contributed by atoms with E-state index in [2.05, 4.69) is 0 Å². The van der Waals surface area contributed by atoms with E-state index in [4.69, 9.17) is 4.74 Å². The molecule has 0 bridgehead atoms. The first kappa shape index (κ1) is 10.9. The summed E-state index contributed by atoms with van der Waals surface area (Å²) >= 11 is 0. The van der Waals surface area contributed by atoms with Gasteiger partial charge in [0.1, 0.15) is 0 Å². The minimum absolute atomic E-state index is 0.117. The molecule has 1 atom stereocenters. The standard InChI is InChI=1S/C7H14BF3NO/c1-7-6-13-5-4-12(7)3-2-8(9,10)11/h7H,2-6H2,1H3/q-1. The van der Waals surface area contributed by atoms with Gasteiger partial charge < -0.3 is 17.7 Å². The van der Waals surface area contributed by atoms with E-state index in [9.17, 15) is 12.9 Å². The van der Waals surface area contributed by atoms with E-state index in [0.29, 0.717) is 19.8 Å². The Balaban J connectivity index is 2.27. The first-order valence-electron chi connectivity index (χ1n) is 4.52. The Labute approximate surface area is 76.1 Å². The highest BCUT2D eigenvalue weighted by Gasteiger charge is 2.26. The predicted octanol–water partition coefficient (Wildman–Crippen LogP) is 1.55. The average molecular weight is 196 g/mol. The summed E-state index contributed by atoms with van der Waals surface area (Å²) in [4.78, 5) is 1.83. The molecule has 0 aromatic carbocycles. The van der Waals surface area contributed by atoms with Crippen molar-refractivity contribution >= 4 is 6.98 Å². The molecule has 1 heterocycles. The van der Waals surface area contributed by atoms with Crippen LogP contribution in [-0.4, -0.2) is 44.2 Å². The zero-order valence-corrected chi connectivity index (χ0v) is 7.68. The van der Waals surface area contributed by atoms with Crippen molar-refractivity contribution in [1.82, 2.24) is 4.90 Å². The largest absolute Gasteiger partial charge is 0.479 e. The van der Waals surface area contributed by atoms with Crippen LogP contribution in [-0.2, 0) is 4.74 Å². The molecular formula is C7H14BF3NO-. The van der Waals surface area contributed by atoms with Gasteiger partial charge in [0, 0.05) is 12.6 Å². The van der Waals surface area contributed by atoms with Crippen molar-refractivity contribution in [1.29, 1.82) is 0 Å². The van der Waals surface area contributed by atoms with Crippen LogP contribution in [0.5, 0.6) is 0 Å². The van der Waals surface area contributed by atoms with Crippen LogP contribution in [0.4, 0.5) is 12.9 Å². The predicted molar refractivity (Wildman–Crippen MR) is 45.7 cm³/mol. The highest BCUT2D eigenvalue weighted by Crippen LogP contribution is 2.17. The number of ether oxygens (including phenoxy) is 1. The molecule has 1 fully saturated rings. The highest BCUT2D eigenvalue weighted by molar-refractivity contribution is 6.58. The first-order chi connectivity index (χ1) is 5.99. The second kappa shape index (κ2) is 4.33. The van der Waals surface area contributed by atoms with E-state index in [1.54, 1.807) is 0 Å². The Hall–Kier alpha value is -0.225. The van der Waals surface area contributed by atoms with Crippen LogP contribution >= 0.6 is 0 Å². The van der Waals surface area contributed by atoms with Crippen molar-refractivity contribution in [2.24, 2.45) is 0 Å². The van der Waals surface area contributed by atoms with Crippen molar-refractivity contribution in [3.05, 3.63) is 0 Å². The molecule has 0 aliphatic carbocycles. The van der Waals surface area contributed by atoms with Gasteiger partial charge in [-0.05, 0) is 13.5 Å². The number of hydrogen-bond donors (Lipinski definition) is 0. The number of morpholine rings is 1. The molecule has 0 aromatic heterocycles. The summed E-state index contributed by atoms with van der Waals surface area (Å²) in [6.45, 7) is -0.907. The Morgan fingerprint density at radius 3 is 2.69 bits per heavy atom. The molecule has 78 valence electrons. The topological polar surface area (TPSA) is 12.5 Å². The molecule has 0 saturated carbocycles. The third-order valence-corrected chi connectivity index (χ3v) is 2.25. The minimum atomic E-state index is -4.63. The van der Waals surface area contributed by atoms with Crippen molar-refractivity contribution in [3.8, 4) is 0 Å². The molecule has 0 spiro atoms. The lowest BCUT2D eigenvalue weighted by molar-refractivity contribution is 0.00168. The molecule has 13 heavy (non-hydrogen) atoms. The maximum absolute atomic E-state index is 11.9. The Bertz CT molecular complexity index is 164. The third kappa shape index (κ3) is 4.00. The minimum Gasteiger partial charge on any atom is -0.449 e. The summed E-state index contributed by atoms with van der Waals surface area (Å²) in [5, 5.41) is 0. The summed E-state index contributed by atoms with van der Waals surface area (Å²) in [7, 11) is 0. The molecule has 1 saturated heterocycles. The van der Waals surface area contributed by atoms with Gasteiger partial charge in [0.2, 0.25) is 0 Å². The molecule has 1 aliphatic rings. The fourth-order valence-corrected chi connectivity index (χ4v) is 1.41. The molecular weight excluding hydrogens is 182 g/mol. The molecule has 6 heteroatoms. The zero-order chi connectivity index (χ0) is 9.90. The van der Waals surface area contributed by atoms with E-state index >= 15 is 0 Å². The summed E-state index contributed by atoms with van der Waals surface area (Å²) in [5.74, 6) is 0. The van der Waals surface area contributed by atoms with Crippen LogP contribution < -0.4 is 0 Å². The Morgan fingerprint density at radius 2 is 2.15 bits per heavy atom. The Morgan fingerprint density at radius 1 is 1.46 bits per heavy atom. The second-order valence-corrected chi connectivity index (χ2v) is 3.46. The molecule has 0 radical (unpaired) electrons. The lowest BCUT2D eigenvalue weighted by atomic mass is 9.86. The van der Waals surface area contributed by atoms with Crippen molar-refractivity contribution in [3.63, 3.8) is 0 Å². The number of rotatable bonds is 3. The lowest BCUT2D eigenvalue weighted by Crippen LogP contribution is -2.45. The smallest absolute Gasteiger partial charge is 0.449 e. The summed E-state index contributed by atoms with van der Waals surface area (Å²) in [6, 6.07) is 0.117. The van der Waals surface area contributed by atoms with Crippen molar-refractivity contribution in [2.75, 3.05) is 26.3 Å². The summed E-state index contributed by atoms with van der Waals surface area (Å²) in [5.41, 5.74) is 0. The van der Waals surface area contributed by atoms with Crippen LogP contribution in [0.15, 0.2) is 0 Å². The number of hydrogen-bond acceptors (Lipinski definition) is 2. The molecule has 1 unspecified atom stereocenters. The molecule has 0 amide bonds. The second-order valence-electron chi connectivity index (χ2n) is 3.46. The summed E-state index contributed by atoms with van der Waals surface area (Å²) in [6.07, 6.45) is -0.662. The van der Waals surface area contributed by atoms with Crippen LogP contribution in [0.2, 0.25) is 6.32 Å². The van der Waals surface area contributed by atoms with Gasteiger partial charge in [-0.25, -0.2) is 0 Å². The van der Waals surface area contributed by atoms with Gasteiger partial charge in [-0.2, -0.15) is 0 Å². The normalized spacial score (nSPS) is 26.3. The molecule has 0 N–H and O–H groups in total. The van der Waals surface area contributed by atoms with E-state index in [1.165, 1.54) is 0 Å². The van der Waals surface area contributed by atoms with Crippen LogP contribution in [0.1, 0.15) is 6.92 Å². The molecule has 1 aliphatic heterocycles. The van der Waals surface area contributed by atoms with Crippen molar-refractivity contribution in [2.45, 2.75) is 19.3 Å². The van der Waals surface area contributed by atoms with Gasteiger partial charge in [0.25, 0.3) is 0 Å². The van der Waals surface area contributed by atoms with Crippen LogP contribution in [0.3, 0.4) is 0 Å². The highest BCUT2D eigenvalue weighted by atomic mass is 19.4. The average Bonchev–Trinajstić information content (AvgIpc) is 2.01. The maximum atomic E-state index is 11.9. The first-order valence-corrected chi connectivity index (χ1v) is 4.52. The fraction of sp³-hybridized carbons (Fsp3) is 1.00. The van der Waals surface area contributed by atoms with E-state index < -0.39 is 13.3 Å². The molecule has 2 nitrogen and oxygen atoms in total. The molecule has 0 aromatic rings. The van der Waals surface area contributed by atoms with Crippen molar-refractivity contribution < 1.29 is 17.7 Å². The van der Waals surface area contributed by atoms with E-state index in [0.717, 1.165) is 0 Å². The Kier molecular flexibility index (Phi) is 3.61. The molecule has 1 rings (SSSR count). The van der Waals surface area contributed by atoms with Gasteiger partial charge >= 0.3 is 6.98 Å². The van der Waals surface area contributed by atoms with Crippen LogP contribution in [0, 0.1) is 0 Å². The van der Waals surface area contributed by atoms with Gasteiger partial charge in [-0.15, -0.1) is 0 Å². The van der Waals surface area contributed by atoms with E-state index in [-0.39, 0.29) is 12.6 Å². The van der Waals surface area contributed by atoms with Gasteiger partial charge in [-0.1, -0.05) is 6.32 Å². The lowest BCUT2D eigenvalue weighted by Gasteiger charge is -2.34. The van der Waals surface area contributed by atoms with Crippen LogP contribution in [0.25, 0.3) is 0 Å². The monoisotopic (exact) mass is 196 g/mol. The van der Waals surface area contributed by atoms with Gasteiger partial charge in [-0.3, -0.25) is 4.90 Å². The van der Waals surface area contributed by atoms with Gasteiger partial charge in [0.05, 0.1) is 13.2 Å². The maximum Gasteiger partial charge on any atom is 0.479 e.